The van der Waals surface area contributed by atoms with Crippen molar-refractivity contribution in [3.63, 3.8) is 0 Å². The summed E-state index contributed by atoms with van der Waals surface area (Å²) in [4.78, 5) is 27.5. The molecule has 8 heteroatoms. The third-order valence-electron chi connectivity index (χ3n) is 4.04. The van der Waals surface area contributed by atoms with Crippen molar-refractivity contribution in [1.29, 1.82) is 0 Å². The molecule has 2 amide bonds. The molecule has 1 aliphatic heterocycles. The summed E-state index contributed by atoms with van der Waals surface area (Å²) in [6.45, 7) is 3.82. The van der Waals surface area contributed by atoms with Gasteiger partial charge in [0.25, 0.3) is 5.91 Å². The molecule has 1 fully saturated rings. The number of hydrogen-bond donors (Lipinski definition) is 1. The molecule has 7 nitrogen and oxygen atoms in total. The molecular formula is C17H19FN4O3. The minimum atomic E-state index is -0.352. The summed E-state index contributed by atoms with van der Waals surface area (Å²) >= 11 is 0. The Labute approximate surface area is 144 Å². The highest BCUT2D eigenvalue weighted by Gasteiger charge is 2.26. The lowest BCUT2D eigenvalue weighted by atomic mass is 10.1. The van der Waals surface area contributed by atoms with E-state index < -0.39 is 0 Å². The predicted molar refractivity (Wildman–Crippen MR) is 88.5 cm³/mol. The minimum absolute atomic E-state index is 0.177. The van der Waals surface area contributed by atoms with Crippen LogP contribution >= 0.6 is 0 Å². The van der Waals surface area contributed by atoms with E-state index in [9.17, 15) is 14.0 Å². The van der Waals surface area contributed by atoms with Crippen molar-refractivity contribution < 1.29 is 18.7 Å². The molecule has 1 aromatic heterocycles. The van der Waals surface area contributed by atoms with Crippen LogP contribution < -0.4 is 0 Å². The maximum atomic E-state index is 13.0. The van der Waals surface area contributed by atoms with Gasteiger partial charge in [-0.2, -0.15) is 5.10 Å². The van der Waals surface area contributed by atoms with Gasteiger partial charge in [0.15, 0.2) is 0 Å². The lowest BCUT2D eigenvalue weighted by Crippen LogP contribution is -2.50. The normalized spacial score (nSPS) is 14.5. The Morgan fingerprint density at radius 3 is 2.44 bits per heavy atom. The summed E-state index contributed by atoms with van der Waals surface area (Å²) in [6, 6.07) is 7.56. The Kier molecular flexibility index (Phi) is 4.97. The summed E-state index contributed by atoms with van der Waals surface area (Å²) in [5.41, 5.74) is 1.67. The Morgan fingerprint density at radius 1 is 1.16 bits per heavy atom. The van der Waals surface area contributed by atoms with Crippen LogP contribution in [0, 0.1) is 5.82 Å². The summed E-state index contributed by atoms with van der Waals surface area (Å²) in [6.07, 6.45) is -0.352. The number of carbonyl (C=O) groups is 2. The number of halogens is 1. The zero-order valence-corrected chi connectivity index (χ0v) is 13.9. The molecule has 1 saturated heterocycles. The summed E-state index contributed by atoms with van der Waals surface area (Å²) < 4.78 is 18.0. The predicted octanol–water partition coefficient (Wildman–Crippen LogP) is 2.13. The van der Waals surface area contributed by atoms with Crippen molar-refractivity contribution in [1.82, 2.24) is 20.0 Å². The maximum Gasteiger partial charge on any atom is 0.409 e. The standard InChI is InChI=1S/C17H19FN4O3/c1-2-25-17(24)22-9-7-21(8-10-22)16(23)15-11-14(19-20-15)12-3-5-13(18)6-4-12/h3-6,11H,2,7-10H2,1H3,(H,19,20). The first kappa shape index (κ1) is 16.9. The van der Waals surface area contributed by atoms with Gasteiger partial charge < -0.3 is 14.5 Å². The van der Waals surface area contributed by atoms with Crippen LogP contribution in [0.15, 0.2) is 30.3 Å². The number of aromatic nitrogens is 2. The Morgan fingerprint density at radius 2 is 1.80 bits per heavy atom. The van der Waals surface area contributed by atoms with E-state index in [1.165, 1.54) is 12.1 Å². The van der Waals surface area contributed by atoms with Gasteiger partial charge in [0.2, 0.25) is 0 Å². The fourth-order valence-electron chi connectivity index (χ4n) is 2.68. The number of piperazine rings is 1. The van der Waals surface area contributed by atoms with Gasteiger partial charge in [-0.1, -0.05) is 0 Å². The number of rotatable bonds is 3. The van der Waals surface area contributed by atoms with Gasteiger partial charge in [0.05, 0.1) is 12.3 Å². The van der Waals surface area contributed by atoms with E-state index in [2.05, 4.69) is 10.2 Å². The Bertz CT molecular complexity index is 752. The van der Waals surface area contributed by atoms with E-state index in [1.54, 1.807) is 34.9 Å². The number of nitrogens with one attached hydrogen (secondary N) is 1. The molecule has 132 valence electrons. The fraction of sp³-hybridized carbons (Fsp3) is 0.353. The van der Waals surface area contributed by atoms with Crippen LogP contribution in [0.3, 0.4) is 0 Å². The van der Waals surface area contributed by atoms with E-state index in [1.807, 2.05) is 0 Å². The Hall–Kier alpha value is -2.90. The lowest BCUT2D eigenvalue weighted by Gasteiger charge is -2.33. The molecule has 0 atom stereocenters. The topological polar surface area (TPSA) is 78.5 Å². The van der Waals surface area contributed by atoms with Crippen LogP contribution in [0.25, 0.3) is 11.3 Å². The van der Waals surface area contributed by atoms with Gasteiger partial charge in [-0.25, -0.2) is 9.18 Å². The largest absolute Gasteiger partial charge is 0.450 e. The quantitative estimate of drug-likeness (QED) is 0.923. The van der Waals surface area contributed by atoms with Crippen molar-refractivity contribution in [3.05, 3.63) is 41.8 Å². The van der Waals surface area contributed by atoms with Crippen molar-refractivity contribution in [3.8, 4) is 11.3 Å². The molecule has 25 heavy (non-hydrogen) atoms. The van der Waals surface area contributed by atoms with Crippen LogP contribution in [0.4, 0.5) is 9.18 Å². The third-order valence-corrected chi connectivity index (χ3v) is 4.04. The number of carbonyl (C=O) groups excluding carboxylic acids is 2. The molecule has 2 aromatic rings. The van der Waals surface area contributed by atoms with Crippen LogP contribution in [-0.4, -0.2) is 64.8 Å². The molecule has 0 unspecified atom stereocenters. The number of benzene rings is 1. The molecule has 0 saturated carbocycles. The van der Waals surface area contributed by atoms with Gasteiger partial charge >= 0.3 is 6.09 Å². The molecule has 0 bridgehead atoms. The third kappa shape index (κ3) is 3.78. The average molecular weight is 346 g/mol. The molecular weight excluding hydrogens is 327 g/mol. The number of H-pyrrole nitrogens is 1. The molecule has 1 aliphatic rings. The van der Waals surface area contributed by atoms with E-state index in [0.29, 0.717) is 44.2 Å². The van der Waals surface area contributed by atoms with E-state index in [4.69, 9.17) is 4.74 Å². The number of amides is 2. The average Bonchev–Trinajstić information content (AvgIpc) is 3.12. The first-order valence-corrected chi connectivity index (χ1v) is 8.11. The van der Waals surface area contributed by atoms with Crippen LogP contribution in [0.1, 0.15) is 17.4 Å². The fourth-order valence-corrected chi connectivity index (χ4v) is 2.68. The van der Waals surface area contributed by atoms with E-state index >= 15 is 0 Å². The number of aromatic amines is 1. The number of ether oxygens (including phenoxy) is 1. The second kappa shape index (κ2) is 7.33. The highest BCUT2D eigenvalue weighted by atomic mass is 19.1. The summed E-state index contributed by atoms with van der Waals surface area (Å²) in [5, 5.41) is 6.85. The van der Waals surface area contributed by atoms with Crippen molar-refractivity contribution in [2.45, 2.75) is 6.92 Å². The van der Waals surface area contributed by atoms with Gasteiger partial charge in [0.1, 0.15) is 11.5 Å². The summed E-state index contributed by atoms with van der Waals surface area (Å²) in [5.74, 6) is -0.501. The first-order valence-electron chi connectivity index (χ1n) is 8.11. The number of hydrogen-bond acceptors (Lipinski definition) is 4. The van der Waals surface area contributed by atoms with Crippen molar-refractivity contribution in [2.75, 3.05) is 32.8 Å². The van der Waals surface area contributed by atoms with Gasteiger partial charge in [-0.15, -0.1) is 0 Å². The van der Waals surface area contributed by atoms with Crippen LogP contribution in [-0.2, 0) is 4.74 Å². The monoisotopic (exact) mass is 346 g/mol. The van der Waals surface area contributed by atoms with E-state index in [-0.39, 0.29) is 17.8 Å². The van der Waals surface area contributed by atoms with Crippen molar-refractivity contribution >= 4 is 12.0 Å². The van der Waals surface area contributed by atoms with Crippen LogP contribution in [0.2, 0.25) is 0 Å². The molecule has 1 aromatic carbocycles. The SMILES string of the molecule is CCOC(=O)N1CCN(C(=O)c2cc(-c3ccc(F)cc3)n[nH]2)CC1. The van der Waals surface area contributed by atoms with Gasteiger partial charge in [0, 0.05) is 31.7 Å². The zero-order valence-electron chi connectivity index (χ0n) is 13.9. The number of nitrogens with zero attached hydrogens (tertiary/aromatic N) is 3. The van der Waals surface area contributed by atoms with Crippen LogP contribution in [0.5, 0.6) is 0 Å². The van der Waals surface area contributed by atoms with E-state index in [0.717, 1.165) is 5.56 Å². The molecule has 0 aliphatic carbocycles. The molecule has 3 rings (SSSR count). The second-order valence-electron chi connectivity index (χ2n) is 5.65. The van der Waals surface area contributed by atoms with Gasteiger partial charge in [-0.3, -0.25) is 9.89 Å². The molecule has 0 radical (unpaired) electrons. The zero-order chi connectivity index (χ0) is 17.8. The Balaban J connectivity index is 1.63. The smallest absolute Gasteiger partial charge is 0.409 e. The minimum Gasteiger partial charge on any atom is -0.450 e. The van der Waals surface area contributed by atoms with Gasteiger partial charge in [-0.05, 0) is 37.3 Å². The lowest BCUT2D eigenvalue weighted by molar-refractivity contribution is 0.0566. The second-order valence-corrected chi connectivity index (χ2v) is 5.65. The maximum absolute atomic E-state index is 13.0. The molecule has 0 spiro atoms. The first-order chi connectivity index (χ1) is 12.1. The summed E-state index contributed by atoms with van der Waals surface area (Å²) in [7, 11) is 0. The van der Waals surface area contributed by atoms with Crippen molar-refractivity contribution in [2.24, 2.45) is 0 Å². The highest BCUT2D eigenvalue weighted by Crippen LogP contribution is 2.19. The molecule has 2 heterocycles. The highest BCUT2D eigenvalue weighted by molar-refractivity contribution is 5.93. The molecule has 1 N–H and O–H groups in total.